The van der Waals surface area contributed by atoms with Crippen molar-refractivity contribution in [3.8, 4) is 11.1 Å². The molecule has 18 heavy (non-hydrogen) atoms. The van der Waals surface area contributed by atoms with E-state index in [1.54, 1.807) is 0 Å². The van der Waals surface area contributed by atoms with Crippen molar-refractivity contribution in [2.24, 2.45) is 0 Å². The largest absolute Gasteiger partial charge is 0.478 e. The van der Waals surface area contributed by atoms with Crippen LogP contribution >= 0.6 is 11.6 Å². The summed E-state index contributed by atoms with van der Waals surface area (Å²) < 4.78 is 13.2. The highest BCUT2D eigenvalue weighted by Crippen LogP contribution is 2.22. The minimum Gasteiger partial charge on any atom is -0.478 e. The quantitative estimate of drug-likeness (QED) is 0.878. The van der Waals surface area contributed by atoms with Crippen LogP contribution in [0, 0.1) is 5.82 Å². The Balaban J connectivity index is 2.66. The summed E-state index contributed by atoms with van der Waals surface area (Å²) in [7, 11) is 0. The Hall–Kier alpha value is -2.14. The summed E-state index contributed by atoms with van der Waals surface area (Å²) >= 11 is 5.69. The van der Waals surface area contributed by atoms with Gasteiger partial charge in [-0.3, -0.25) is 4.79 Å². The third kappa shape index (κ3) is 2.41. The van der Waals surface area contributed by atoms with Gasteiger partial charge in [-0.2, -0.15) is 0 Å². The molecule has 6 heteroatoms. The molecular weight excluding hydrogens is 261 g/mol. The molecule has 2 aromatic rings. The molecule has 0 saturated heterocycles. The highest BCUT2D eigenvalue weighted by molar-refractivity contribution is 6.30. The third-order valence-electron chi connectivity index (χ3n) is 2.32. The molecule has 4 nitrogen and oxygen atoms in total. The molecule has 0 spiro atoms. The molecule has 92 valence electrons. The second kappa shape index (κ2) is 4.62. The number of carbonyl (C=O) groups is 1. The summed E-state index contributed by atoms with van der Waals surface area (Å²) in [5.74, 6) is -1.78. The Morgan fingerprint density at radius 2 is 2.00 bits per heavy atom. The van der Waals surface area contributed by atoms with Crippen molar-refractivity contribution < 1.29 is 14.3 Å². The standard InChI is InChI=1S/C12H7ClFNO3/c13-8-1-6(2-9(14)4-8)10-3-7(12(17)18)5-15-11(10)16/h1-5H,(H,15,16)(H,17,18). The van der Waals surface area contributed by atoms with Gasteiger partial charge in [-0.05, 0) is 29.8 Å². The number of hydrogen-bond acceptors (Lipinski definition) is 2. The minimum atomic E-state index is -1.19. The number of rotatable bonds is 2. The number of hydrogen-bond donors (Lipinski definition) is 2. The Bertz CT molecular complexity index is 661. The van der Waals surface area contributed by atoms with Gasteiger partial charge in [0.1, 0.15) is 5.82 Å². The molecule has 2 N–H and O–H groups in total. The first kappa shape index (κ1) is 12.3. The van der Waals surface area contributed by atoms with Crippen LogP contribution in [0.15, 0.2) is 35.3 Å². The average molecular weight is 268 g/mol. The van der Waals surface area contributed by atoms with Gasteiger partial charge in [0.2, 0.25) is 0 Å². The van der Waals surface area contributed by atoms with E-state index in [1.165, 1.54) is 12.1 Å². The van der Waals surface area contributed by atoms with Crippen molar-refractivity contribution in [1.29, 1.82) is 0 Å². The predicted molar refractivity (Wildman–Crippen MR) is 64.4 cm³/mol. The van der Waals surface area contributed by atoms with Crippen molar-refractivity contribution >= 4 is 17.6 Å². The first-order valence-corrected chi connectivity index (χ1v) is 5.27. The molecule has 0 radical (unpaired) electrons. The molecule has 0 atom stereocenters. The number of benzene rings is 1. The van der Waals surface area contributed by atoms with Crippen LogP contribution in [0.1, 0.15) is 10.4 Å². The van der Waals surface area contributed by atoms with Crippen molar-refractivity contribution in [3.05, 3.63) is 57.2 Å². The normalized spacial score (nSPS) is 10.3. The van der Waals surface area contributed by atoms with E-state index in [0.29, 0.717) is 0 Å². The van der Waals surface area contributed by atoms with Crippen LogP contribution in [0.25, 0.3) is 11.1 Å². The maximum absolute atomic E-state index is 13.2. The van der Waals surface area contributed by atoms with E-state index in [2.05, 4.69) is 4.98 Å². The van der Waals surface area contributed by atoms with Gasteiger partial charge < -0.3 is 10.1 Å². The lowest BCUT2D eigenvalue weighted by atomic mass is 10.1. The van der Waals surface area contributed by atoms with E-state index in [0.717, 1.165) is 18.3 Å². The maximum Gasteiger partial charge on any atom is 0.337 e. The summed E-state index contributed by atoms with van der Waals surface area (Å²) in [6, 6.07) is 4.77. The van der Waals surface area contributed by atoms with E-state index in [4.69, 9.17) is 16.7 Å². The van der Waals surface area contributed by atoms with Crippen LogP contribution in [-0.4, -0.2) is 16.1 Å². The number of nitrogens with one attached hydrogen (secondary N) is 1. The maximum atomic E-state index is 13.2. The zero-order chi connectivity index (χ0) is 13.3. The van der Waals surface area contributed by atoms with E-state index in [9.17, 15) is 14.0 Å². The molecular formula is C12H7ClFNO3. The lowest BCUT2D eigenvalue weighted by Gasteiger charge is -2.03. The second-order valence-corrected chi connectivity index (χ2v) is 4.03. The van der Waals surface area contributed by atoms with Gasteiger partial charge in [0.15, 0.2) is 0 Å². The number of aromatic amines is 1. The molecule has 0 bridgehead atoms. The fraction of sp³-hybridized carbons (Fsp3) is 0. The molecule has 2 rings (SSSR count). The molecule has 0 aliphatic carbocycles. The summed E-state index contributed by atoms with van der Waals surface area (Å²) in [5.41, 5.74) is -0.327. The lowest BCUT2D eigenvalue weighted by Crippen LogP contribution is -2.11. The van der Waals surface area contributed by atoms with Crippen molar-refractivity contribution in [2.45, 2.75) is 0 Å². The van der Waals surface area contributed by atoms with Gasteiger partial charge in [-0.25, -0.2) is 9.18 Å². The molecule has 0 amide bonds. The number of carboxylic acids is 1. The summed E-state index contributed by atoms with van der Waals surface area (Å²) in [6.45, 7) is 0. The topological polar surface area (TPSA) is 70.2 Å². The summed E-state index contributed by atoms with van der Waals surface area (Å²) in [5, 5.41) is 8.96. The van der Waals surface area contributed by atoms with Gasteiger partial charge in [0, 0.05) is 16.8 Å². The van der Waals surface area contributed by atoms with E-state index < -0.39 is 17.3 Å². The fourth-order valence-electron chi connectivity index (χ4n) is 1.53. The highest BCUT2D eigenvalue weighted by atomic mass is 35.5. The molecule has 0 saturated carbocycles. The average Bonchev–Trinajstić information content (AvgIpc) is 2.27. The molecule has 0 unspecified atom stereocenters. The molecule has 0 aliphatic rings. The number of H-pyrrole nitrogens is 1. The zero-order valence-electron chi connectivity index (χ0n) is 8.91. The zero-order valence-corrected chi connectivity index (χ0v) is 9.66. The first-order chi connectivity index (χ1) is 8.47. The number of carboxylic acid groups (broad SMARTS) is 1. The Kier molecular flexibility index (Phi) is 3.16. The molecule has 0 fully saturated rings. The van der Waals surface area contributed by atoms with E-state index in [1.807, 2.05) is 0 Å². The van der Waals surface area contributed by atoms with Crippen LogP contribution in [0.2, 0.25) is 5.02 Å². The Morgan fingerprint density at radius 1 is 1.28 bits per heavy atom. The fourth-order valence-corrected chi connectivity index (χ4v) is 1.75. The molecule has 1 heterocycles. The van der Waals surface area contributed by atoms with Gasteiger partial charge in [0.05, 0.1) is 5.56 Å². The van der Waals surface area contributed by atoms with Gasteiger partial charge >= 0.3 is 5.97 Å². The molecule has 1 aromatic heterocycles. The van der Waals surface area contributed by atoms with Crippen LogP contribution < -0.4 is 5.56 Å². The van der Waals surface area contributed by atoms with Gasteiger partial charge in [-0.1, -0.05) is 11.6 Å². The van der Waals surface area contributed by atoms with Gasteiger partial charge in [0.25, 0.3) is 5.56 Å². The highest BCUT2D eigenvalue weighted by Gasteiger charge is 2.10. The Morgan fingerprint density at radius 3 is 2.61 bits per heavy atom. The smallest absolute Gasteiger partial charge is 0.337 e. The summed E-state index contributed by atoms with van der Waals surface area (Å²) in [4.78, 5) is 24.7. The number of pyridine rings is 1. The minimum absolute atomic E-state index is 0.0521. The van der Waals surface area contributed by atoms with Crippen LogP contribution in [0.3, 0.4) is 0 Å². The Labute approximate surface area is 106 Å². The van der Waals surface area contributed by atoms with Crippen molar-refractivity contribution in [2.75, 3.05) is 0 Å². The van der Waals surface area contributed by atoms with E-state index >= 15 is 0 Å². The lowest BCUT2D eigenvalue weighted by molar-refractivity contribution is 0.0696. The van der Waals surface area contributed by atoms with Crippen molar-refractivity contribution in [1.82, 2.24) is 4.98 Å². The SMILES string of the molecule is O=C(O)c1c[nH]c(=O)c(-c2cc(F)cc(Cl)c2)c1. The molecule has 1 aromatic carbocycles. The summed E-state index contributed by atoms with van der Waals surface area (Å²) in [6.07, 6.45) is 1.08. The predicted octanol–water partition coefficient (Wildman–Crippen LogP) is 2.53. The van der Waals surface area contributed by atoms with Crippen LogP contribution in [0.4, 0.5) is 4.39 Å². The van der Waals surface area contributed by atoms with Gasteiger partial charge in [-0.15, -0.1) is 0 Å². The van der Waals surface area contributed by atoms with Crippen molar-refractivity contribution in [3.63, 3.8) is 0 Å². The number of aromatic nitrogens is 1. The number of aromatic carboxylic acids is 1. The van der Waals surface area contributed by atoms with Crippen LogP contribution in [-0.2, 0) is 0 Å². The van der Waals surface area contributed by atoms with E-state index in [-0.39, 0.29) is 21.7 Å². The molecule has 0 aliphatic heterocycles. The van der Waals surface area contributed by atoms with Crippen LogP contribution in [0.5, 0.6) is 0 Å². The monoisotopic (exact) mass is 267 g/mol. The second-order valence-electron chi connectivity index (χ2n) is 3.59. The third-order valence-corrected chi connectivity index (χ3v) is 2.54. The number of halogens is 2. The first-order valence-electron chi connectivity index (χ1n) is 4.90.